The van der Waals surface area contributed by atoms with Crippen LogP contribution in [0.15, 0.2) is 78.4 Å². The van der Waals surface area contributed by atoms with Crippen molar-refractivity contribution in [1.82, 2.24) is 9.97 Å². The molecule has 0 bridgehead atoms. The molecule has 4 rings (SSSR count). The highest BCUT2D eigenvalue weighted by Crippen LogP contribution is 2.26. The monoisotopic (exact) mass is 370 g/mol. The number of benzene rings is 2. The number of carbonyl (C=O) groups is 2. The summed E-state index contributed by atoms with van der Waals surface area (Å²) in [5.74, 6) is -1.31. The molecule has 138 valence electrons. The fourth-order valence-corrected chi connectivity index (χ4v) is 3.30. The third-order valence-corrected chi connectivity index (χ3v) is 4.65. The minimum Gasteiger partial charge on any atom is -0.298 e. The molecule has 3 aromatic rings. The van der Waals surface area contributed by atoms with Crippen molar-refractivity contribution >= 4 is 23.1 Å². The first-order valence-electron chi connectivity index (χ1n) is 8.94. The van der Waals surface area contributed by atoms with E-state index in [4.69, 9.17) is 0 Å². The van der Waals surface area contributed by atoms with Gasteiger partial charge in [-0.2, -0.15) is 10.1 Å². The van der Waals surface area contributed by atoms with Crippen LogP contribution < -0.4 is 5.01 Å². The number of amides is 1. The van der Waals surface area contributed by atoms with E-state index in [9.17, 15) is 9.59 Å². The lowest BCUT2D eigenvalue weighted by Crippen LogP contribution is -2.33. The lowest BCUT2D eigenvalue weighted by Gasteiger charge is -2.14. The van der Waals surface area contributed by atoms with Gasteiger partial charge in [-0.05, 0) is 30.2 Å². The van der Waals surface area contributed by atoms with Gasteiger partial charge in [-0.15, -0.1) is 0 Å². The van der Waals surface area contributed by atoms with Gasteiger partial charge in [0.15, 0.2) is 5.78 Å². The lowest BCUT2D eigenvalue weighted by molar-refractivity contribution is -0.128. The molecular formula is C22H18N4O2. The van der Waals surface area contributed by atoms with Crippen LogP contribution in [0.1, 0.15) is 12.5 Å². The molecule has 2 heterocycles. The van der Waals surface area contributed by atoms with Crippen LogP contribution in [0.5, 0.6) is 0 Å². The highest BCUT2D eigenvalue weighted by molar-refractivity contribution is 6.27. The van der Waals surface area contributed by atoms with Gasteiger partial charge in [-0.3, -0.25) is 9.59 Å². The van der Waals surface area contributed by atoms with Gasteiger partial charge in [0.2, 0.25) is 0 Å². The maximum Gasteiger partial charge on any atom is 0.263 e. The summed E-state index contributed by atoms with van der Waals surface area (Å²) < 4.78 is 0. The molecule has 0 fully saturated rings. The molecule has 1 atom stereocenters. The summed E-state index contributed by atoms with van der Waals surface area (Å²) >= 11 is 0. The molecule has 0 N–H and O–H groups in total. The van der Waals surface area contributed by atoms with Gasteiger partial charge >= 0.3 is 0 Å². The minimum atomic E-state index is -0.844. The Morgan fingerprint density at radius 1 is 1.00 bits per heavy atom. The Labute approximate surface area is 162 Å². The smallest absolute Gasteiger partial charge is 0.263 e. The van der Waals surface area contributed by atoms with Gasteiger partial charge < -0.3 is 0 Å². The molecule has 0 aliphatic carbocycles. The zero-order valence-corrected chi connectivity index (χ0v) is 15.3. The molecule has 0 radical (unpaired) electrons. The average molecular weight is 370 g/mol. The summed E-state index contributed by atoms with van der Waals surface area (Å²) in [6, 6.07) is 16.8. The molecule has 1 aromatic heterocycles. The molecular weight excluding hydrogens is 352 g/mol. The van der Waals surface area contributed by atoms with E-state index in [0.29, 0.717) is 11.4 Å². The van der Waals surface area contributed by atoms with Crippen LogP contribution in [-0.2, 0) is 16.0 Å². The largest absolute Gasteiger partial charge is 0.298 e. The molecule has 1 amide bonds. The Balaban J connectivity index is 1.53. The van der Waals surface area contributed by atoms with Crippen LogP contribution in [0, 0.1) is 5.92 Å². The normalized spacial score (nSPS) is 16.2. The van der Waals surface area contributed by atoms with Crippen LogP contribution in [0.4, 0.5) is 5.69 Å². The van der Waals surface area contributed by atoms with E-state index >= 15 is 0 Å². The summed E-state index contributed by atoms with van der Waals surface area (Å²) in [6.07, 6.45) is 5.09. The molecule has 1 unspecified atom stereocenters. The van der Waals surface area contributed by atoms with Gasteiger partial charge in [0.05, 0.1) is 11.4 Å². The third-order valence-electron chi connectivity index (χ3n) is 4.65. The second-order valence-electron chi connectivity index (χ2n) is 6.63. The fourth-order valence-electron chi connectivity index (χ4n) is 3.30. The van der Waals surface area contributed by atoms with E-state index in [-0.39, 0.29) is 18.1 Å². The van der Waals surface area contributed by atoms with E-state index < -0.39 is 5.92 Å². The Hall–Kier alpha value is -3.67. The number of nitrogens with zero attached hydrogens (tertiary/aromatic N) is 4. The van der Waals surface area contributed by atoms with E-state index in [1.807, 2.05) is 42.5 Å². The van der Waals surface area contributed by atoms with Crippen LogP contribution in [0.3, 0.4) is 0 Å². The number of hydrazone groups is 1. The van der Waals surface area contributed by atoms with Crippen molar-refractivity contribution < 1.29 is 9.59 Å². The average Bonchev–Trinajstić information content (AvgIpc) is 3.03. The van der Waals surface area contributed by atoms with E-state index in [2.05, 4.69) is 15.1 Å². The molecule has 0 saturated heterocycles. The summed E-state index contributed by atoms with van der Waals surface area (Å²) in [6.45, 7) is 1.72. The fraction of sp³-hybridized carbons (Fsp3) is 0.136. The van der Waals surface area contributed by atoms with Gasteiger partial charge in [0.25, 0.3) is 5.91 Å². The van der Waals surface area contributed by atoms with E-state index in [0.717, 1.165) is 16.7 Å². The first-order chi connectivity index (χ1) is 13.6. The number of anilines is 1. The maximum atomic E-state index is 12.9. The van der Waals surface area contributed by atoms with Gasteiger partial charge in [-0.25, -0.2) is 9.97 Å². The molecule has 6 heteroatoms. The van der Waals surface area contributed by atoms with Crippen LogP contribution >= 0.6 is 0 Å². The summed E-state index contributed by atoms with van der Waals surface area (Å²) in [7, 11) is 0. The first-order valence-corrected chi connectivity index (χ1v) is 8.94. The number of hydrogen-bond donors (Lipinski definition) is 0. The second kappa shape index (κ2) is 7.52. The molecule has 6 nitrogen and oxygen atoms in total. The van der Waals surface area contributed by atoms with Crippen molar-refractivity contribution in [2.45, 2.75) is 13.3 Å². The predicted octanol–water partition coefficient (Wildman–Crippen LogP) is 3.29. The highest BCUT2D eigenvalue weighted by atomic mass is 16.2. The number of para-hydroxylation sites is 1. The number of carbonyl (C=O) groups excluding carboxylic acids is 2. The van der Waals surface area contributed by atoms with Crippen molar-refractivity contribution in [3.8, 4) is 11.1 Å². The minimum absolute atomic E-state index is 0.160. The topological polar surface area (TPSA) is 75.5 Å². The molecule has 0 saturated carbocycles. The molecule has 2 aromatic carbocycles. The van der Waals surface area contributed by atoms with Gasteiger partial charge in [-0.1, -0.05) is 42.5 Å². The Bertz CT molecular complexity index is 1050. The molecule has 0 spiro atoms. The van der Waals surface area contributed by atoms with Crippen molar-refractivity contribution in [3.05, 3.63) is 78.9 Å². The number of Topliss-reactive ketones (excluding diaryl/α,β-unsaturated/α-hetero) is 1. The van der Waals surface area contributed by atoms with E-state index in [1.54, 1.807) is 31.5 Å². The molecule has 1 aliphatic rings. The van der Waals surface area contributed by atoms with Crippen LogP contribution in [0.2, 0.25) is 0 Å². The number of aromatic nitrogens is 2. The van der Waals surface area contributed by atoms with Crippen LogP contribution in [0.25, 0.3) is 11.1 Å². The van der Waals surface area contributed by atoms with Crippen molar-refractivity contribution in [3.63, 3.8) is 0 Å². The second-order valence-corrected chi connectivity index (χ2v) is 6.63. The summed E-state index contributed by atoms with van der Waals surface area (Å²) in [5, 5.41) is 5.63. The number of ketones is 1. The maximum absolute atomic E-state index is 12.9. The summed E-state index contributed by atoms with van der Waals surface area (Å²) in [4.78, 5) is 33.8. The van der Waals surface area contributed by atoms with Crippen molar-refractivity contribution in [2.75, 3.05) is 5.01 Å². The number of hydrogen-bond acceptors (Lipinski definition) is 5. The van der Waals surface area contributed by atoms with E-state index in [1.165, 1.54) is 11.3 Å². The lowest BCUT2D eigenvalue weighted by atomic mass is 9.93. The Kier molecular flexibility index (Phi) is 4.76. The molecule has 1 aliphatic heterocycles. The van der Waals surface area contributed by atoms with Crippen molar-refractivity contribution in [1.29, 1.82) is 0 Å². The SMILES string of the molecule is CC1=NN(c2ccccc2)C(=O)C1C(=O)Cc1cccc(-c2cncnc2)c1. The number of rotatable bonds is 5. The Morgan fingerprint density at radius 2 is 1.75 bits per heavy atom. The zero-order valence-electron chi connectivity index (χ0n) is 15.3. The zero-order chi connectivity index (χ0) is 19.5. The first kappa shape index (κ1) is 17.7. The Morgan fingerprint density at radius 3 is 2.50 bits per heavy atom. The predicted molar refractivity (Wildman–Crippen MR) is 107 cm³/mol. The van der Waals surface area contributed by atoms with Crippen molar-refractivity contribution in [2.24, 2.45) is 11.0 Å². The standard InChI is InChI=1S/C22H18N4O2/c1-15-21(22(28)26(25-15)19-8-3-2-4-9-19)20(27)11-16-6-5-7-17(10-16)18-12-23-14-24-13-18/h2-10,12-14,21H,11H2,1H3. The third kappa shape index (κ3) is 3.44. The quantitative estimate of drug-likeness (QED) is 0.646. The van der Waals surface area contributed by atoms with Crippen LogP contribution in [-0.4, -0.2) is 27.4 Å². The molecule has 28 heavy (non-hydrogen) atoms. The van der Waals surface area contributed by atoms with Gasteiger partial charge in [0, 0.05) is 24.4 Å². The summed E-state index contributed by atoms with van der Waals surface area (Å²) in [5.41, 5.74) is 3.83. The highest BCUT2D eigenvalue weighted by Gasteiger charge is 2.39. The van der Waals surface area contributed by atoms with Gasteiger partial charge in [0.1, 0.15) is 12.2 Å².